The van der Waals surface area contributed by atoms with Gasteiger partial charge in [-0.05, 0) is 11.5 Å². The summed E-state index contributed by atoms with van der Waals surface area (Å²) in [5, 5.41) is 9.60. The topological polar surface area (TPSA) is 33.1 Å². The number of halogens is 1. The lowest BCUT2D eigenvalue weighted by Crippen LogP contribution is -2.26. The van der Waals surface area contributed by atoms with Gasteiger partial charge in [0.05, 0.1) is 5.02 Å². The molecule has 52 valence electrons. The lowest BCUT2D eigenvalue weighted by Gasteiger charge is -1.98. The van der Waals surface area contributed by atoms with Crippen LogP contribution < -0.4 is 5.46 Å². The monoisotopic (exact) mass is 155 g/mol. The molecule has 0 bridgehead atoms. The van der Waals surface area contributed by atoms with Crippen LogP contribution in [0, 0.1) is 0 Å². The molecule has 0 unspecified atom stereocenters. The van der Waals surface area contributed by atoms with E-state index in [-0.39, 0.29) is 0 Å². The van der Waals surface area contributed by atoms with E-state index in [1.54, 1.807) is 19.1 Å². The first kappa shape index (κ1) is 7.57. The molecule has 0 aliphatic rings. The van der Waals surface area contributed by atoms with Gasteiger partial charge >= 0.3 is 6.92 Å². The van der Waals surface area contributed by atoms with Gasteiger partial charge in [0.25, 0.3) is 0 Å². The van der Waals surface area contributed by atoms with Gasteiger partial charge in [0.1, 0.15) is 0 Å². The molecule has 1 heterocycles. The highest BCUT2D eigenvalue weighted by Crippen LogP contribution is 2.01. The normalized spacial score (nSPS) is 9.50. The van der Waals surface area contributed by atoms with Gasteiger partial charge in [-0.3, -0.25) is 4.98 Å². The van der Waals surface area contributed by atoms with Gasteiger partial charge in [-0.2, -0.15) is 0 Å². The minimum atomic E-state index is -0.494. The van der Waals surface area contributed by atoms with Gasteiger partial charge in [-0.25, -0.2) is 0 Å². The van der Waals surface area contributed by atoms with Crippen molar-refractivity contribution in [3.63, 3.8) is 0 Å². The summed E-state index contributed by atoms with van der Waals surface area (Å²) in [6.45, 7) is 1.18. The van der Waals surface area contributed by atoms with Gasteiger partial charge in [-0.15, -0.1) is 0 Å². The Kier molecular flexibility index (Phi) is 2.30. The van der Waals surface area contributed by atoms with Crippen molar-refractivity contribution in [1.82, 2.24) is 4.98 Å². The fourth-order valence-corrected chi connectivity index (χ4v) is 0.839. The molecule has 4 heteroatoms. The summed E-state index contributed by atoms with van der Waals surface area (Å²) in [4.78, 5) is 3.81. The third-order valence-corrected chi connectivity index (χ3v) is 1.42. The maximum absolute atomic E-state index is 9.05. The Morgan fingerprint density at radius 2 is 2.30 bits per heavy atom. The molecule has 2 nitrogen and oxygen atoms in total. The first-order valence-corrected chi connectivity index (χ1v) is 3.36. The molecule has 0 aromatic carbocycles. The molecule has 10 heavy (non-hydrogen) atoms. The van der Waals surface area contributed by atoms with Gasteiger partial charge < -0.3 is 5.02 Å². The minimum absolute atomic E-state index is 0.494. The Morgan fingerprint density at radius 3 is 2.70 bits per heavy atom. The highest BCUT2D eigenvalue weighted by Gasteiger charge is 2.05. The van der Waals surface area contributed by atoms with Crippen molar-refractivity contribution in [1.29, 1.82) is 0 Å². The van der Waals surface area contributed by atoms with Crippen LogP contribution in [-0.2, 0) is 0 Å². The summed E-state index contributed by atoms with van der Waals surface area (Å²) < 4.78 is 0. The number of nitrogens with zero attached hydrogens (tertiary/aromatic N) is 1. The Bertz CT molecular complexity index is 229. The summed E-state index contributed by atoms with van der Waals surface area (Å²) in [7, 11) is 0. The summed E-state index contributed by atoms with van der Waals surface area (Å²) in [5.41, 5.74) is 0.743. The second-order valence-electron chi connectivity index (χ2n) is 2.11. The average molecular weight is 155 g/mol. The Hall–Kier alpha value is -0.535. The summed E-state index contributed by atoms with van der Waals surface area (Å²) in [6.07, 6.45) is 3.13. The SMILES string of the molecule is CB(O)c1cncc(Cl)c1. The summed E-state index contributed by atoms with van der Waals surface area (Å²) >= 11 is 5.62. The van der Waals surface area contributed by atoms with Crippen LogP contribution in [0.25, 0.3) is 0 Å². The molecule has 0 amide bonds. The molecule has 0 atom stereocenters. The number of rotatable bonds is 1. The van der Waals surface area contributed by atoms with Crippen LogP contribution in [0.15, 0.2) is 18.5 Å². The van der Waals surface area contributed by atoms with E-state index in [4.69, 9.17) is 16.6 Å². The van der Waals surface area contributed by atoms with Crippen LogP contribution in [-0.4, -0.2) is 16.9 Å². The van der Waals surface area contributed by atoms with Crippen LogP contribution in [0.2, 0.25) is 11.8 Å². The van der Waals surface area contributed by atoms with Crippen LogP contribution in [0.1, 0.15) is 0 Å². The average Bonchev–Trinajstić information content (AvgIpc) is 1.88. The van der Waals surface area contributed by atoms with Crippen LogP contribution in [0.3, 0.4) is 0 Å². The molecular weight excluding hydrogens is 148 g/mol. The molecular formula is C6H7BClNO. The zero-order valence-electron chi connectivity index (χ0n) is 5.58. The lowest BCUT2D eigenvalue weighted by molar-refractivity contribution is 0.594. The van der Waals surface area contributed by atoms with E-state index in [0.717, 1.165) is 5.46 Å². The second-order valence-corrected chi connectivity index (χ2v) is 2.55. The molecule has 0 saturated carbocycles. The van der Waals surface area contributed by atoms with Crippen molar-refractivity contribution in [2.24, 2.45) is 0 Å². The van der Waals surface area contributed by atoms with E-state index >= 15 is 0 Å². The van der Waals surface area contributed by atoms with E-state index in [1.165, 1.54) is 6.20 Å². The van der Waals surface area contributed by atoms with E-state index in [9.17, 15) is 0 Å². The van der Waals surface area contributed by atoms with Crippen molar-refractivity contribution < 1.29 is 5.02 Å². The number of pyridine rings is 1. The van der Waals surface area contributed by atoms with Gasteiger partial charge in [0, 0.05) is 12.4 Å². The Labute approximate surface area is 65.0 Å². The maximum atomic E-state index is 9.05. The highest BCUT2D eigenvalue weighted by molar-refractivity contribution is 6.64. The fourth-order valence-electron chi connectivity index (χ4n) is 0.657. The van der Waals surface area contributed by atoms with Crippen molar-refractivity contribution in [3.05, 3.63) is 23.5 Å². The summed E-state index contributed by atoms with van der Waals surface area (Å²) in [6, 6.07) is 1.69. The molecule has 0 saturated heterocycles. The summed E-state index contributed by atoms with van der Waals surface area (Å²) in [5.74, 6) is 0. The molecule has 1 N–H and O–H groups in total. The van der Waals surface area contributed by atoms with Crippen LogP contribution in [0.4, 0.5) is 0 Å². The third-order valence-electron chi connectivity index (χ3n) is 1.21. The Balaban J connectivity index is 2.96. The molecule has 0 radical (unpaired) electrons. The zero-order chi connectivity index (χ0) is 7.56. The molecule has 1 aromatic rings. The highest BCUT2D eigenvalue weighted by atomic mass is 35.5. The lowest BCUT2D eigenvalue weighted by atomic mass is 9.65. The van der Waals surface area contributed by atoms with Crippen molar-refractivity contribution in [2.75, 3.05) is 0 Å². The molecule has 0 aliphatic carbocycles. The van der Waals surface area contributed by atoms with Crippen molar-refractivity contribution in [3.8, 4) is 0 Å². The first-order chi connectivity index (χ1) is 4.70. The molecule has 1 rings (SSSR count). The maximum Gasteiger partial charge on any atom is 0.321 e. The predicted molar refractivity (Wildman–Crippen MR) is 42.7 cm³/mol. The molecule has 0 spiro atoms. The third kappa shape index (κ3) is 1.72. The van der Waals surface area contributed by atoms with Crippen LogP contribution >= 0.6 is 11.6 Å². The van der Waals surface area contributed by atoms with Crippen molar-refractivity contribution in [2.45, 2.75) is 6.82 Å². The number of aromatic nitrogens is 1. The van der Waals surface area contributed by atoms with Gasteiger partial charge in [0.2, 0.25) is 0 Å². The molecule has 1 aromatic heterocycles. The minimum Gasteiger partial charge on any atom is -0.446 e. The largest absolute Gasteiger partial charge is 0.446 e. The fraction of sp³-hybridized carbons (Fsp3) is 0.167. The predicted octanol–water partition coefficient (Wildman–Crippen LogP) is 0.556. The van der Waals surface area contributed by atoms with Crippen molar-refractivity contribution >= 4 is 24.0 Å². The van der Waals surface area contributed by atoms with Gasteiger partial charge in [-0.1, -0.05) is 18.4 Å². The van der Waals surface area contributed by atoms with E-state index < -0.39 is 6.92 Å². The number of hydrogen-bond acceptors (Lipinski definition) is 2. The van der Waals surface area contributed by atoms with E-state index in [1.807, 2.05) is 0 Å². The molecule has 0 aliphatic heterocycles. The second kappa shape index (κ2) is 3.04. The number of hydrogen-bond donors (Lipinski definition) is 1. The van der Waals surface area contributed by atoms with E-state index in [2.05, 4.69) is 4.98 Å². The molecule has 0 fully saturated rings. The Morgan fingerprint density at radius 1 is 1.60 bits per heavy atom. The quantitative estimate of drug-likeness (QED) is 0.601. The smallest absolute Gasteiger partial charge is 0.321 e. The van der Waals surface area contributed by atoms with Crippen LogP contribution in [0.5, 0.6) is 0 Å². The first-order valence-electron chi connectivity index (χ1n) is 2.98. The standard InChI is InChI=1S/C6H7BClNO/c1-7(10)5-2-6(8)4-9-3-5/h2-4,10H,1H3. The van der Waals surface area contributed by atoms with E-state index in [0.29, 0.717) is 5.02 Å². The zero-order valence-corrected chi connectivity index (χ0v) is 6.34. The van der Waals surface area contributed by atoms with Gasteiger partial charge in [0.15, 0.2) is 0 Å².